The van der Waals surface area contributed by atoms with Crippen molar-refractivity contribution in [3.63, 3.8) is 0 Å². The molecule has 0 aliphatic heterocycles. The molecule has 128 valence electrons. The number of aromatic nitrogens is 1. The normalized spacial score (nSPS) is 11.3. The highest BCUT2D eigenvalue weighted by Crippen LogP contribution is 2.14. The average Bonchev–Trinajstić information content (AvgIpc) is 2.55. The number of halogens is 1. The second-order valence-electron chi connectivity index (χ2n) is 5.10. The molecule has 6 nitrogen and oxygen atoms in total. The van der Waals surface area contributed by atoms with E-state index in [0.29, 0.717) is 17.5 Å². The van der Waals surface area contributed by atoms with Crippen LogP contribution < -0.4 is 10.6 Å². The largest absolute Gasteiger partial charge is 0.358 e. The fraction of sp³-hybridized carbons (Fsp3) is 0.200. The minimum Gasteiger partial charge on any atom is -0.358 e. The fourth-order valence-corrected chi connectivity index (χ4v) is 3.10. The van der Waals surface area contributed by atoms with E-state index in [1.54, 1.807) is 36.5 Å². The van der Waals surface area contributed by atoms with Crippen molar-refractivity contribution in [1.82, 2.24) is 14.6 Å². The quantitative estimate of drug-likeness (QED) is 0.712. The Morgan fingerprint density at radius 3 is 2.42 bits per heavy atom. The molecule has 0 unspecified atom stereocenters. The van der Waals surface area contributed by atoms with Gasteiger partial charge in [-0.2, -0.15) is 0 Å². The van der Waals surface area contributed by atoms with Crippen LogP contribution in [0.2, 0.25) is 0 Å². The number of hydrogen-bond donors (Lipinski definition) is 2. The van der Waals surface area contributed by atoms with E-state index in [2.05, 4.69) is 31.5 Å². The summed E-state index contributed by atoms with van der Waals surface area (Å²) in [6.45, 7) is 0.477. The van der Waals surface area contributed by atoms with Crippen molar-refractivity contribution in [3.8, 4) is 0 Å². The van der Waals surface area contributed by atoms with Gasteiger partial charge in [-0.3, -0.25) is 0 Å². The monoisotopic (exact) mass is 428 g/mol. The van der Waals surface area contributed by atoms with Gasteiger partial charge in [-0.25, -0.2) is 17.7 Å². The van der Waals surface area contributed by atoms with Gasteiger partial charge in [0.1, 0.15) is 5.82 Å². The third-order valence-corrected chi connectivity index (χ3v) is 5.67. The van der Waals surface area contributed by atoms with Crippen molar-refractivity contribution in [1.29, 1.82) is 0 Å². The molecule has 2 rings (SSSR count). The van der Waals surface area contributed by atoms with E-state index < -0.39 is 10.0 Å². The van der Waals surface area contributed by atoms with E-state index in [9.17, 15) is 8.42 Å². The molecule has 24 heavy (non-hydrogen) atoms. The Balaban J connectivity index is 1.92. The van der Waals surface area contributed by atoms with Crippen LogP contribution in [0.1, 0.15) is 5.56 Å². The summed E-state index contributed by atoms with van der Waals surface area (Å²) >= 11 is 8.53. The van der Waals surface area contributed by atoms with E-state index in [0.717, 1.165) is 10.0 Å². The van der Waals surface area contributed by atoms with Gasteiger partial charge >= 0.3 is 0 Å². The van der Waals surface area contributed by atoms with E-state index in [-0.39, 0.29) is 4.90 Å². The van der Waals surface area contributed by atoms with Gasteiger partial charge in [0.05, 0.1) is 4.90 Å². The van der Waals surface area contributed by atoms with Crippen LogP contribution in [0.3, 0.4) is 0 Å². The molecule has 0 spiro atoms. The highest BCUT2D eigenvalue weighted by atomic mass is 79.9. The molecule has 0 aliphatic carbocycles. The molecule has 1 aromatic carbocycles. The lowest BCUT2D eigenvalue weighted by atomic mass is 10.2. The van der Waals surface area contributed by atoms with Crippen molar-refractivity contribution >= 4 is 49.1 Å². The zero-order chi connectivity index (χ0) is 17.7. The smallest absolute Gasteiger partial charge is 0.242 e. The molecule has 0 saturated carbocycles. The summed E-state index contributed by atoms with van der Waals surface area (Å²) in [7, 11) is -0.396. The van der Waals surface area contributed by atoms with Crippen LogP contribution in [0.4, 0.5) is 5.82 Å². The van der Waals surface area contributed by atoms with E-state index in [4.69, 9.17) is 12.2 Å². The standard InChI is InChI=1S/C15H17BrN4O2S2/c1-20(2)24(21,22)13-6-3-11(4-7-13)9-18-15(23)19-14-8-5-12(16)10-17-14/h3-8,10H,9H2,1-2H3,(H2,17,18,19,23). The van der Waals surface area contributed by atoms with Gasteiger partial charge in [0, 0.05) is 31.3 Å². The van der Waals surface area contributed by atoms with Gasteiger partial charge < -0.3 is 10.6 Å². The molecule has 2 aromatic rings. The fourth-order valence-electron chi connectivity index (χ4n) is 1.78. The van der Waals surface area contributed by atoms with E-state index in [1.165, 1.54) is 18.4 Å². The number of rotatable bonds is 5. The van der Waals surface area contributed by atoms with Crippen molar-refractivity contribution < 1.29 is 8.42 Å². The summed E-state index contributed by atoms with van der Waals surface area (Å²) < 4.78 is 26.1. The van der Waals surface area contributed by atoms with E-state index in [1.807, 2.05) is 6.07 Å². The number of pyridine rings is 1. The molecule has 0 saturated heterocycles. The van der Waals surface area contributed by atoms with Crippen LogP contribution >= 0.6 is 28.1 Å². The highest BCUT2D eigenvalue weighted by molar-refractivity contribution is 9.10. The predicted molar refractivity (Wildman–Crippen MR) is 102 cm³/mol. The first kappa shape index (κ1) is 18.8. The second kappa shape index (κ2) is 8.02. The maximum atomic E-state index is 12.0. The first-order valence-electron chi connectivity index (χ1n) is 6.97. The van der Waals surface area contributed by atoms with Crippen molar-refractivity contribution in [2.75, 3.05) is 19.4 Å². The van der Waals surface area contributed by atoms with Gasteiger partial charge in [-0.05, 0) is 58.0 Å². The minimum absolute atomic E-state index is 0.260. The van der Waals surface area contributed by atoms with Gasteiger partial charge in [0.15, 0.2) is 5.11 Å². The van der Waals surface area contributed by atoms with Crippen molar-refractivity contribution in [2.45, 2.75) is 11.4 Å². The minimum atomic E-state index is -3.41. The van der Waals surface area contributed by atoms with Crippen molar-refractivity contribution in [3.05, 3.63) is 52.6 Å². The first-order chi connectivity index (χ1) is 11.3. The van der Waals surface area contributed by atoms with Crippen LogP contribution in [0, 0.1) is 0 Å². The van der Waals surface area contributed by atoms with Gasteiger partial charge in [-0.15, -0.1) is 0 Å². The molecular formula is C15H17BrN4O2S2. The second-order valence-corrected chi connectivity index (χ2v) is 8.58. The topological polar surface area (TPSA) is 74.3 Å². The molecule has 1 heterocycles. The Labute approximate surface area is 155 Å². The number of benzene rings is 1. The van der Waals surface area contributed by atoms with Crippen LogP contribution in [-0.2, 0) is 16.6 Å². The Bertz CT molecular complexity index is 806. The lowest BCUT2D eigenvalue weighted by Crippen LogP contribution is -2.28. The average molecular weight is 429 g/mol. The van der Waals surface area contributed by atoms with Crippen LogP contribution in [-0.4, -0.2) is 36.9 Å². The zero-order valence-corrected chi connectivity index (χ0v) is 16.4. The lowest BCUT2D eigenvalue weighted by molar-refractivity contribution is 0.520. The highest BCUT2D eigenvalue weighted by Gasteiger charge is 2.16. The Morgan fingerprint density at radius 1 is 1.21 bits per heavy atom. The SMILES string of the molecule is CN(C)S(=O)(=O)c1ccc(CNC(=S)Nc2ccc(Br)cn2)cc1. The molecule has 0 radical (unpaired) electrons. The Hall–Kier alpha value is -1.55. The summed E-state index contributed by atoms with van der Waals surface area (Å²) in [5, 5.41) is 6.47. The first-order valence-corrected chi connectivity index (χ1v) is 9.61. The molecule has 0 aliphatic rings. The van der Waals surface area contributed by atoms with Gasteiger partial charge in [0.25, 0.3) is 0 Å². The van der Waals surface area contributed by atoms with Crippen LogP contribution in [0.5, 0.6) is 0 Å². The maximum Gasteiger partial charge on any atom is 0.242 e. The molecule has 0 atom stereocenters. The van der Waals surface area contributed by atoms with E-state index >= 15 is 0 Å². The Kier molecular flexibility index (Phi) is 6.27. The van der Waals surface area contributed by atoms with Crippen LogP contribution in [0.15, 0.2) is 52.0 Å². The molecule has 1 aromatic heterocycles. The number of thiocarbonyl (C=S) groups is 1. The molecule has 9 heteroatoms. The zero-order valence-electron chi connectivity index (χ0n) is 13.2. The lowest BCUT2D eigenvalue weighted by Gasteiger charge is -2.12. The maximum absolute atomic E-state index is 12.0. The number of anilines is 1. The molecule has 2 N–H and O–H groups in total. The summed E-state index contributed by atoms with van der Waals surface area (Å²) in [4.78, 5) is 4.43. The summed E-state index contributed by atoms with van der Waals surface area (Å²) in [5.41, 5.74) is 0.917. The third-order valence-electron chi connectivity index (χ3n) is 3.12. The van der Waals surface area contributed by atoms with Crippen molar-refractivity contribution in [2.24, 2.45) is 0 Å². The number of hydrogen-bond acceptors (Lipinski definition) is 4. The Morgan fingerprint density at radius 2 is 1.88 bits per heavy atom. The molecular weight excluding hydrogens is 412 g/mol. The summed E-state index contributed by atoms with van der Waals surface area (Å²) in [6, 6.07) is 10.3. The van der Waals surface area contributed by atoms with Gasteiger partial charge in [-0.1, -0.05) is 12.1 Å². The molecule has 0 fully saturated rings. The third kappa shape index (κ3) is 4.97. The van der Waals surface area contributed by atoms with Gasteiger partial charge in [0.2, 0.25) is 10.0 Å². The number of nitrogens with zero attached hydrogens (tertiary/aromatic N) is 2. The summed E-state index contributed by atoms with van der Waals surface area (Å²) in [6.07, 6.45) is 1.68. The predicted octanol–water partition coefficient (Wildman–Crippen LogP) is 2.58. The number of nitrogens with one attached hydrogen (secondary N) is 2. The number of sulfonamides is 1. The van der Waals surface area contributed by atoms with Crippen LogP contribution in [0.25, 0.3) is 0 Å². The summed E-state index contributed by atoms with van der Waals surface area (Å²) in [5.74, 6) is 0.642. The molecule has 0 amide bonds. The molecule has 0 bridgehead atoms.